The largest absolute Gasteiger partial charge is 0.508 e. The number of aliphatic hydroxyl groups excluding tert-OH is 1. The van der Waals surface area contributed by atoms with E-state index in [-0.39, 0.29) is 23.2 Å². The van der Waals surface area contributed by atoms with Crippen LogP contribution in [0.1, 0.15) is 35.2 Å². The molecule has 0 bridgehead atoms. The predicted octanol–water partition coefficient (Wildman–Crippen LogP) is 4.38. The third-order valence-corrected chi connectivity index (χ3v) is 6.38. The summed E-state index contributed by atoms with van der Waals surface area (Å²) in [6.07, 6.45) is 1.30. The molecule has 2 unspecified atom stereocenters. The maximum Gasteiger partial charge on any atom is 0.295 e. The lowest BCUT2D eigenvalue weighted by molar-refractivity contribution is -0.139. The van der Waals surface area contributed by atoms with E-state index in [1.807, 2.05) is 43.3 Å². The van der Waals surface area contributed by atoms with Crippen LogP contribution in [0.25, 0.3) is 5.76 Å². The van der Waals surface area contributed by atoms with Gasteiger partial charge in [0, 0.05) is 18.5 Å². The number of likely N-dealkylation sites (tertiary alicyclic amines) is 1. The molecule has 6 nitrogen and oxygen atoms in total. The molecule has 0 saturated carbocycles. The topological polar surface area (TPSA) is 87.1 Å². The SMILES string of the molecule is CC1Cc2cc(/C(O)=C3/C(=O)C(=O)N(CCc4ccccc4)C3c3cccc(O)c3)ccc2O1. The van der Waals surface area contributed by atoms with E-state index in [2.05, 4.69) is 0 Å². The van der Waals surface area contributed by atoms with Crippen molar-refractivity contribution in [1.82, 2.24) is 4.90 Å². The van der Waals surface area contributed by atoms with Crippen molar-refractivity contribution in [3.05, 3.63) is 101 Å². The van der Waals surface area contributed by atoms with E-state index in [1.165, 1.54) is 17.0 Å². The monoisotopic (exact) mass is 455 g/mol. The number of phenolic OH excluding ortho intramolecular Hbond substituents is 1. The standard InChI is InChI=1S/C28H25NO5/c1-17-14-21-15-20(10-11-23(21)34-17)26(31)24-25(19-8-5-9-22(30)16-19)29(28(33)27(24)32)13-12-18-6-3-2-4-7-18/h2-11,15-17,25,30-31H,12-14H2,1H3/b26-24-. The molecule has 0 aliphatic carbocycles. The number of carbonyl (C=O) groups is 2. The van der Waals surface area contributed by atoms with Crippen LogP contribution in [0.5, 0.6) is 11.5 Å². The molecule has 2 aliphatic heterocycles. The third-order valence-electron chi connectivity index (χ3n) is 6.38. The van der Waals surface area contributed by atoms with Crippen molar-refractivity contribution in [2.24, 2.45) is 0 Å². The molecule has 2 aliphatic rings. The number of ketones is 1. The fourth-order valence-electron chi connectivity index (χ4n) is 4.77. The van der Waals surface area contributed by atoms with E-state index in [0.717, 1.165) is 16.9 Å². The number of hydrogen-bond donors (Lipinski definition) is 2. The van der Waals surface area contributed by atoms with Gasteiger partial charge >= 0.3 is 0 Å². The second-order valence-corrected chi connectivity index (χ2v) is 8.78. The quantitative estimate of drug-likeness (QED) is 0.339. The highest BCUT2D eigenvalue weighted by Gasteiger charge is 2.46. The second kappa shape index (κ2) is 8.71. The van der Waals surface area contributed by atoms with Crippen molar-refractivity contribution >= 4 is 17.4 Å². The summed E-state index contributed by atoms with van der Waals surface area (Å²) in [7, 11) is 0. The summed E-state index contributed by atoms with van der Waals surface area (Å²) in [6.45, 7) is 2.26. The van der Waals surface area contributed by atoms with Crippen LogP contribution < -0.4 is 4.74 Å². The molecule has 34 heavy (non-hydrogen) atoms. The summed E-state index contributed by atoms with van der Waals surface area (Å²) < 4.78 is 5.75. The molecule has 1 fully saturated rings. The van der Waals surface area contributed by atoms with Gasteiger partial charge in [-0.05, 0) is 60.4 Å². The van der Waals surface area contributed by atoms with Gasteiger partial charge in [-0.2, -0.15) is 0 Å². The van der Waals surface area contributed by atoms with E-state index in [4.69, 9.17) is 4.74 Å². The maximum atomic E-state index is 13.2. The molecule has 5 rings (SSSR count). The average molecular weight is 456 g/mol. The van der Waals surface area contributed by atoms with Crippen molar-refractivity contribution in [2.75, 3.05) is 6.54 Å². The molecule has 2 atom stereocenters. The van der Waals surface area contributed by atoms with Gasteiger partial charge in [-0.3, -0.25) is 9.59 Å². The molecule has 2 heterocycles. The summed E-state index contributed by atoms with van der Waals surface area (Å²) in [5.41, 5.74) is 3.03. The van der Waals surface area contributed by atoms with Crippen LogP contribution in [0.15, 0.2) is 78.4 Å². The molecule has 1 amide bonds. The minimum Gasteiger partial charge on any atom is -0.508 e. The van der Waals surface area contributed by atoms with Gasteiger partial charge in [0.05, 0.1) is 11.6 Å². The van der Waals surface area contributed by atoms with E-state index < -0.39 is 17.7 Å². The Kier molecular flexibility index (Phi) is 5.57. The molecule has 3 aromatic carbocycles. The molecule has 3 aromatic rings. The summed E-state index contributed by atoms with van der Waals surface area (Å²) in [5.74, 6) is -0.837. The minimum atomic E-state index is -0.806. The van der Waals surface area contributed by atoms with Gasteiger partial charge in [0.1, 0.15) is 23.4 Å². The highest BCUT2D eigenvalue weighted by atomic mass is 16.5. The molecule has 1 saturated heterocycles. The fraction of sp³-hybridized carbons (Fsp3) is 0.214. The summed E-state index contributed by atoms with van der Waals surface area (Å²) in [6, 6.07) is 20.7. The van der Waals surface area contributed by atoms with E-state index >= 15 is 0 Å². The number of amides is 1. The molecule has 2 N–H and O–H groups in total. The van der Waals surface area contributed by atoms with Crippen molar-refractivity contribution in [2.45, 2.75) is 31.9 Å². The van der Waals surface area contributed by atoms with E-state index in [9.17, 15) is 19.8 Å². The number of phenols is 1. The maximum absolute atomic E-state index is 13.2. The number of aromatic hydroxyl groups is 1. The second-order valence-electron chi connectivity index (χ2n) is 8.78. The summed E-state index contributed by atoms with van der Waals surface area (Å²) in [4.78, 5) is 27.8. The van der Waals surface area contributed by atoms with Crippen LogP contribution in [-0.4, -0.2) is 39.5 Å². The lowest BCUT2D eigenvalue weighted by atomic mass is 9.94. The Morgan fingerprint density at radius 2 is 1.82 bits per heavy atom. The molecule has 172 valence electrons. The molecular formula is C28H25NO5. The van der Waals surface area contributed by atoms with Gasteiger partial charge < -0.3 is 19.8 Å². The number of fused-ring (bicyclic) bond motifs is 1. The molecule has 0 spiro atoms. The van der Waals surface area contributed by atoms with Crippen LogP contribution in [-0.2, 0) is 22.4 Å². The first-order valence-electron chi connectivity index (χ1n) is 11.3. The summed E-state index contributed by atoms with van der Waals surface area (Å²) >= 11 is 0. The van der Waals surface area contributed by atoms with E-state index in [0.29, 0.717) is 30.5 Å². The Balaban J connectivity index is 1.58. The number of aliphatic hydroxyl groups is 1. The molecule has 0 radical (unpaired) electrons. The van der Waals surface area contributed by atoms with Crippen LogP contribution in [0, 0.1) is 0 Å². The number of benzene rings is 3. The zero-order valence-corrected chi connectivity index (χ0v) is 18.8. The van der Waals surface area contributed by atoms with Gasteiger partial charge in [-0.1, -0.05) is 42.5 Å². The Labute approximate surface area is 197 Å². The van der Waals surface area contributed by atoms with Crippen LogP contribution in [0.4, 0.5) is 0 Å². The Hall–Kier alpha value is -4.06. The first-order valence-corrected chi connectivity index (χ1v) is 11.3. The Morgan fingerprint density at radius 1 is 1.03 bits per heavy atom. The Morgan fingerprint density at radius 3 is 2.59 bits per heavy atom. The van der Waals surface area contributed by atoms with Crippen LogP contribution in [0.3, 0.4) is 0 Å². The van der Waals surface area contributed by atoms with Crippen molar-refractivity contribution in [1.29, 1.82) is 0 Å². The van der Waals surface area contributed by atoms with Crippen LogP contribution in [0.2, 0.25) is 0 Å². The van der Waals surface area contributed by atoms with Crippen molar-refractivity contribution < 1.29 is 24.5 Å². The number of rotatable bonds is 5. The van der Waals surface area contributed by atoms with Crippen molar-refractivity contribution in [3.8, 4) is 11.5 Å². The minimum absolute atomic E-state index is 0.0230. The molecular weight excluding hydrogens is 430 g/mol. The van der Waals surface area contributed by atoms with Gasteiger partial charge in [0.25, 0.3) is 11.7 Å². The van der Waals surface area contributed by atoms with Gasteiger partial charge in [0.2, 0.25) is 0 Å². The number of Topliss-reactive ketones (excluding diaryl/α,β-unsaturated/α-hetero) is 1. The fourth-order valence-corrected chi connectivity index (χ4v) is 4.77. The molecule has 0 aromatic heterocycles. The highest BCUT2D eigenvalue weighted by molar-refractivity contribution is 6.46. The third kappa shape index (κ3) is 3.92. The zero-order chi connectivity index (χ0) is 23.8. The van der Waals surface area contributed by atoms with Gasteiger partial charge in [-0.15, -0.1) is 0 Å². The van der Waals surface area contributed by atoms with Gasteiger partial charge in [-0.25, -0.2) is 0 Å². The number of carbonyl (C=O) groups excluding carboxylic acids is 2. The molecule has 6 heteroatoms. The number of ether oxygens (including phenoxy) is 1. The van der Waals surface area contributed by atoms with Crippen molar-refractivity contribution in [3.63, 3.8) is 0 Å². The number of hydrogen-bond acceptors (Lipinski definition) is 5. The average Bonchev–Trinajstić information content (AvgIpc) is 3.33. The zero-order valence-electron chi connectivity index (χ0n) is 18.8. The summed E-state index contributed by atoms with van der Waals surface area (Å²) in [5, 5.41) is 21.4. The number of nitrogens with zero attached hydrogens (tertiary/aromatic N) is 1. The normalized spacial score (nSPS) is 20.9. The Bertz CT molecular complexity index is 1300. The van der Waals surface area contributed by atoms with Gasteiger partial charge in [0.15, 0.2) is 0 Å². The first kappa shape index (κ1) is 21.8. The first-order chi connectivity index (χ1) is 16.4. The van der Waals surface area contributed by atoms with E-state index in [1.54, 1.807) is 24.3 Å². The highest BCUT2D eigenvalue weighted by Crippen LogP contribution is 2.41. The lowest BCUT2D eigenvalue weighted by Crippen LogP contribution is -2.31. The predicted molar refractivity (Wildman–Crippen MR) is 127 cm³/mol. The van der Waals surface area contributed by atoms with Crippen LogP contribution >= 0.6 is 0 Å². The lowest BCUT2D eigenvalue weighted by Gasteiger charge is -2.25. The smallest absolute Gasteiger partial charge is 0.295 e.